The molecule has 0 amide bonds. The first-order chi connectivity index (χ1) is 8.30. The van der Waals surface area contributed by atoms with Crippen LogP contribution in [-0.2, 0) is 14.6 Å². The minimum absolute atomic E-state index is 0.0441. The summed E-state index contributed by atoms with van der Waals surface area (Å²) < 4.78 is 24.2. The number of carboxylic acids is 1. The van der Waals surface area contributed by atoms with Crippen molar-refractivity contribution in [2.75, 3.05) is 6.54 Å². The molecular weight excluding hydrogens is 301 g/mol. The molecule has 0 heterocycles. The second kappa shape index (κ2) is 5.88. The molecule has 0 aliphatic carbocycles. The molecule has 0 saturated carbocycles. The summed E-state index contributed by atoms with van der Waals surface area (Å²) >= 11 is 11.4. The Labute approximate surface area is 114 Å². The number of carbonyl (C=O) groups is 1. The summed E-state index contributed by atoms with van der Waals surface area (Å²) in [5, 5.41) is 7.59. The van der Waals surface area contributed by atoms with Crippen LogP contribution in [0.5, 0.6) is 0 Å². The Morgan fingerprint density at radius 1 is 1.33 bits per heavy atom. The minimum Gasteiger partial charge on any atom is -0.480 e. The summed E-state index contributed by atoms with van der Waals surface area (Å²) in [6.07, 6.45) is -0.169. The van der Waals surface area contributed by atoms with Crippen LogP contribution in [0.25, 0.3) is 0 Å². The highest BCUT2D eigenvalue weighted by Crippen LogP contribution is 2.27. The maximum atomic E-state index is 12.1. The highest BCUT2D eigenvalue weighted by molar-refractivity contribution is 7.92. The van der Waals surface area contributed by atoms with E-state index in [2.05, 4.69) is 0 Å². The van der Waals surface area contributed by atoms with Gasteiger partial charge >= 0.3 is 5.97 Å². The fraction of sp³-hybridized carbons (Fsp3) is 0.300. The van der Waals surface area contributed by atoms with Crippen LogP contribution in [0.15, 0.2) is 23.1 Å². The average molecular weight is 312 g/mol. The third-order valence-electron chi connectivity index (χ3n) is 2.30. The largest absolute Gasteiger partial charge is 0.480 e. The third-order valence-corrected chi connectivity index (χ3v) is 5.13. The van der Waals surface area contributed by atoms with E-state index in [0.717, 1.165) is 6.07 Å². The molecule has 0 bridgehead atoms. The van der Waals surface area contributed by atoms with Crippen molar-refractivity contribution in [1.82, 2.24) is 0 Å². The lowest BCUT2D eigenvalue weighted by Crippen LogP contribution is -2.32. The van der Waals surface area contributed by atoms with Crippen molar-refractivity contribution >= 4 is 39.0 Å². The summed E-state index contributed by atoms with van der Waals surface area (Å²) in [6, 6.07) is 3.65. The number of hydrogen-bond acceptors (Lipinski definition) is 4. The van der Waals surface area contributed by atoms with Gasteiger partial charge in [-0.1, -0.05) is 23.2 Å². The first-order valence-electron chi connectivity index (χ1n) is 4.92. The molecule has 0 fully saturated rings. The third kappa shape index (κ3) is 3.14. The van der Waals surface area contributed by atoms with Crippen LogP contribution in [0.1, 0.15) is 6.42 Å². The standard InChI is InChI=1S/C10H11Cl2NO4S/c11-7-2-1-6(5-8(7)12)18(16,17)9(3-4-13)10(14)15/h1-2,5,9H,3-4,13H2,(H,14,15). The molecule has 100 valence electrons. The molecule has 0 saturated heterocycles. The lowest BCUT2D eigenvalue weighted by atomic mass is 10.3. The number of aliphatic carboxylic acids is 1. The highest BCUT2D eigenvalue weighted by Gasteiger charge is 2.33. The zero-order valence-electron chi connectivity index (χ0n) is 9.14. The zero-order chi connectivity index (χ0) is 13.9. The molecule has 1 unspecified atom stereocenters. The maximum absolute atomic E-state index is 12.1. The average Bonchev–Trinajstić information content (AvgIpc) is 2.28. The number of benzene rings is 1. The van der Waals surface area contributed by atoms with E-state index in [1.54, 1.807) is 0 Å². The van der Waals surface area contributed by atoms with Gasteiger partial charge in [0, 0.05) is 0 Å². The summed E-state index contributed by atoms with van der Waals surface area (Å²) in [7, 11) is -4.02. The second-order valence-electron chi connectivity index (χ2n) is 3.53. The predicted molar refractivity (Wildman–Crippen MR) is 68.7 cm³/mol. The molecule has 0 aliphatic rings. The normalized spacial score (nSPS) is 13.3. The summed E-state index contributed by atoms with van der Waals surface area (Å²) in [5.41, 5.74) is 5.22. The van der Waals surface area contributed by atoms with Crippen LogP contribution in [-0.4, -0.2) is 31.3 Å². The first kappa shape index (κ1) is 15.2. The van der Waals surface area contributed by atoms with Gasteiger partial charge in [0.1, 0.15) is 0 Å². The molecule has 0 aromatic heterocycles. The van der Waals surface area contributed by atoms with Crippen molar-refractivity contribution in [3.63, 3.8) is 0 Å². The molecule has 0 spiro atoms. The van der Waals surface area contributed by atoms with Gasteiger partial charge in [-0.3, -0.25) is 4.79 Å². The Bertz CT molecular complexity index is 559. The zero-order valence-corrected chi connectivity index (χ0v) is 11.5. The van der Waals surface area contributed by atoms with Gasteiger partial charge in [0.05, 0.1) is 14.9 Å². The Hall–Kier alpha value is -0.820. The van der Waals surface area contributed by atoms with Crippen LogP contribution < -0.4 is 5.73 Å². The van der Waals surface area contributed by atoms with Gasteiger partial charge in [0.25, 0.3) is 0 Å². The van der Waals surface area contributed by atoms with Crippen molar-refractivity contribution in [1.29, 1.82) is 0 Å². The van der Waals surface area contributed by atoms with E-state index in [1.165, 1.54) is 12.1 Å². The molecule has 18 heavy (non-hydrogen) atoms. The Kier molecular flexibility index (Phi) is 4.98. The molecule has 3 N–H and O–H groups in total. The number of halogens is 2. The van der Waals surface area contributed by atoms with Gasteiger partial charge in [-0.2, -0.15) is 0 Å². The van der Waals surface area contributed by atoms with Crippen molar-refractivity contribution < 1.29 is 18.3 Å². The van der Waals surface area contributed by atoms with Crippen molar-refractivity contribution in [3.05, 3.63) is 28.2 Å². The molecule has 1 atom stereocenters. The first-order valence-corrected chi connectivity index (χ1v) is 7.22. The van der Waals surface area contributed by atoms with E-state index < -0.39 is 21.1 Å². The minimum atomic E-state index is -4.02. The number of hydrogen-bond donors (Lipinski definition) is 2. The quantitative estimate of drug-likeness (QED) is 0.860. The number of rotatable bonds is 5. The lowest BCUT2D eigenvalue weighted by Gasteiger charge is -2.13. The number of sulfone groups is 1. The molecule has 0 radical (unpaired) electrons. The van der Waals surface area contributed by atoms with Crippen LogP contribution in [0, 0.1) is 0 Å². The molecule has 5 nitrogen and oxygen atoms in total. The summed E-state index contributed by atoms with van der Waals surface area (Å²) in [6.45, 7) is -0.0441. The number of nitrogens with two attached hydrogens (primary N) is 1. The van der Waals surface area contributed by atoms with E-state index in [1.807, 2.05) is 0 Å². The maximum Gasteiger partial charge on any atom is 0.322 e. The Morgan fingerprint density at radius 2 is 1.94 bits per heavy atom. The van der Waals surface area contributed by atoms with Gasteiger partial charge in [0.15, 0.2) is 15.1 Å². The van der Waals surface area contributed by atoms with Gasteiger partial charge in [-0.15, -0.1) is 0 Å². The van der Waals surface area contributed by atoms with Crippen LogP contribution >= 0.6 is 23.2 Å². The van der Waals surface area contributed by atoms with Crippen LogP contribution in [0.3, 0.4) is 0 Å². The molecule has 1 rings (SSSR count). The molecule has 0 aliphatic heterocycles. The van der Waals surface area contributed by atoms with Gasteiger partial charge in [-0.05, 0) is 31.2 Å². The van der Waals surface area contributed by atoms with Gasteiger partial charge < -0.3 is 10.8 Å². The van der Waals surface area contributed by atoms with E-state index in [-0.39, 0.29) is 27.9 Å². The lowest BCUT2D eigenvalue weighted by molar-refractivity contribution is -0.136. The SMILES string of the molecule is NCCC(C(=O)O)S(=O)(=O)c1ccc(Cl)c(Cl)c1. The smallest absolute Gasteiger partial charge is 0.322 e. The van der Waals surface area contributed by atoms with E-state index in [9.17, 15) is 13.2 Å². The van der Waals surface area contributed by atoms with Gasteiger partial charge in [0.2, 0.25) is 0 Å². The topological polar surface area (TPSA) is 97.5 Å². The predicted octanol–water partition coefficient (Wildman–Crippen LogP) is 1.57. The molecule has 1 aromatic carbocycles. The summed E-state index contributed by atoms with van der Waals surface area (Å²) in [5.74, 6) is -1.44. The van der Waals surface area contributed by atoms with E-state index in [4.69, 9.17) is 34.0 Å². The van der Waals surface area contributed by atoms with Gasteiger partial charge in [-0.25, -0.2) is 8.42 Å². The number of carboxylic acid groups (broad SMARTS) is 1. The van der Waals surface area contributed by atoms with Crippen molar-refractivity contribution in [2.45, 2.75) is 16.6 Å². The van der Waals surface area contributed by atoms with E-state index in [0.29, 0.717) is 0 Å². The Morgan fingerprint density at radius 3 is 2.39 bits per heavy atom. The Balaban J connectivity index is 3.26. The summed E-state index contributed by atoms with van der Waals surface area (Å²) in [4.78, 5) is 10.8. The van der Waals surface area contributed by atoms with Crippen LogP contribution in [0.2, 0.25) is 10.0 Å². The fourth-order valence-electron chi connectivity index (χ4n) is 1.38. The van der Waals surface area contributed by atoms with Crippen molar-refractivity contribution in [2.24, 2.45) is 5.73 Å². The monoisotopic (exact) mass is 311 g/mol. The molecule has 8 heteroatoms. The fourth-order valence-corrected chi connectivity index (χ4v) is 3.32. The highest BCUT2D eigenvalue weighted by atomic mass is 35.5. The molecular formula is C10H11Cl2NO4S. The second-order valence-corrected chi connectivity index (χ2v) is 6.47. The van der Waals surface area contributed by atoms with Crippen molar-refractivity contribution in [3.8, 4) is 0 Å². The van der Waals surface area contributed by atoms with E-state index >= 15 is 0 Å². The molecule has 1 aromatic rings. The van der Waals surface area contributed by atoms with Crippen LogP contribution in [0.4, 0.5) is 0 Å².